The van der Waals surface area contributed by atoms with Gasteiger partial charge in [-0.15, -0.1) is 0 Å². The zero-order valence-corrected chi connectivity index (χ0v) is 20.7. The summed E-state index contributed by atoms with van der Waals surface area (Å²) in [5.74, 6) is -1.04. The Hall–Kier alpha value is -3.23. The normalized spacial score (nSPS) is 12.6. The molecule has 0 radical (unpaired) electrons. The highest BCUT2D eigenvalue weighted by atomic mass is 32.2. The first kappa shape index (κ1) is 25.4. The van der Waals surface area contributed by atoms with E-state index in [1.165, 1.54) is 28.6 Å². The van der Waals surface area contributed by atoms with Gasteiger partial charge in [-0.2, -0.15) is 4.31 Å². The molecule has 3 aromatic rings. The monoisotopic (exact) mass is 481 g/mol. The first-order valence-electron chi connectivity index (χ1n) is 11.4. The second-order valence-electron chi connectivity index (χ2n) is 8.36. The molecule has 0 aliphatic rings. The Morgan fingerprint density at radius 3 is 2.21 bits per heavy atom. The highest BCUT2D eigenvalue weighted by molar-refractivity contribution is 7.89. The van der Waals surface area contributed by atoms with E-state index >= 15 is 0 Å². The van der Waals surface area contributed by atoms with Gasteiger partial charge in [0, 0.05) is 24.3 Å². The third-order valence-corrected chi connectivity index (χ3v) is 7.74. The molecule has 0 spiro atoms. The average molecular weight is 482 g/mol. The van der Waals surface area contributed by atoms with E-state index in [1.54, 1.807) is 13.8 Å². The molecule has 34 heavy (non-hydrogen) atoms. The summed E-state index contributed by atoms with van der Waals surface area (Å²) < 4.78 is 27.0. The van der Waals surface area contributed by atoms with Gasteiger partial charge in [0.1, 0.15) is 6.04 Å². The number of carbonyl (C=O) groups is 2. The van der Waals surface area contributed by atoms with Crippen LogP contribution in [0.25, 0.3) is 10.8 Å². The van der Waals surface area contributed by atoms with Gasteiger partial charge in [-0.25, -0.2) is 8.42 Å². The zero-order valence-electron chi connectivity index (χ0n) is 19.9. The summed E-state index contributed by atoms with van der Waals surface area (Å²) in [6.45, 7) is 7.87. The molecule has 2 N–H and O–H groups in total. The van der Waals surface area contributed by atoms with Crippen molar-refractivity contribution >= 4 is 38.3 Å². The fourth-order valence-electron chi connectivity index (χ4n) is 3.76. The minimum Gasteiger partial charge on any atom is -0.340 e. The molecule has 7 nitrogen and oxygen atoms in total. The third kappa shape index (κ3) is 5.63. The van der Waals surface area contributed by atoms with Crippen molar-refractivity contribution in [1.29, 1.82) is 0 Å². The molecule has 1 atom stereocenters. The number of sulfonamides is 1. The van der Waals surface area contributed by atoms with Gasteiger partial charge in [0.2, 0.25) is 15.9 Å². The first-order valence-corrected chi connectivity index (χ1v) is 12.8. The Morgan fingerprint density at radius 1 is 0.882 bits per heavy atom. The summed E-state index contributed by atoms with van der Waals surface area (Å²) in [7, 11) is -3.70. The minimum absolute atomic E-state index is 0.0468. The maximum atomic E-state index is 13.0. The Morgan fingerprint density at radius 2 is 1.56 bits per heavy atom. The molecule has 3 aromatic carbocycles. The number of hydrogen-bond donors (Lipinski definition) is 2. The molecule has 8 heteroatoms. The van der Waals surface area contributed by atoms with Gasteiger partial charge in [0.15, 0.2) is 0 Å². The van der Waals surface area contributed by atoms with Crippen molar-refractivity contribution in [3.8, 4) is 0 Å². The molecule has 0 heterocycles. The van der Waals surface area contributed by atoms with E-state index < -0.39 is 22.0 Å². The van der Waals surface area contributed by atoms with Gasteiger partial charge < -0.3 is 10.6 Å². The van der Waals surface area contributed by atoms with Crippen LogP contribution in [0.1, 0.15) is 38.1 Å². The summed E-state index contributed by atoms with van der Waals surface area (Å²) in [6.07, 6.45) is 0. The molecule has 0 saturated heterocycles. The number of nitrogens with one attached hydrogen (secondary N) is 2. The second kappa shape index (κ2) is 10.8. The maximum absolute atomic E-state index is 13.0. The van der Waals surface area contributed by atoms with Crippen molar-refractivity contribution in [3.05, 3.63) is 72.3 Å². The maximum Gasteiger partial charge on any atom is 0.251 e. The molecule has 0 unspecified atom stereocenters. The van der Waals surface area contributed by atoms with Gasteiger partial charge >= 0.3 is 0 Å². The predicted molar refractivity (Wildman–Crippen MR) is 135 cm³/mol. The SMILES string of the molecule is CCN(CC)S(=O)(=O)c1cccc(C(=O)N[C@H](C(=O)Nc2ccc3ccccc3c2)C(C)C)c1. The van der Waals surface area contributed by atoms with Gasteiger partial charge in [-0.3, -0.25) is 9.59 Å². The minimum atomic E-state index is -3.70. The van der Waals surface area contributed by atoms with Crippen LogP contribution in [-0.2, 0) is 14.8 Å². The third-order valence-electron chi connectivity index (χ3n) is 5.69. The molecule has 0 saturated carbocycles. The van der Waals surface area contributed by atoms with E-state index in [0.717, 1.165) is 10.8 Å². The molecule has 0 aliphatic carbocycles. The summed E-state index contributed by atoms with van der Waals surface area (Å²) in [5, 5.41) is 7.71. The summed E-state index contributed by atoms with van der Waals surface area (Å²) in [4.78, 5) is 26.0. The predicted octanol–water partition coefficient (Wildman–Crippen LogP) is 4.26. The van der Waals surface area contributed by atoms with Gasteiger partial charge in [0.25, 0.3) is 5.91 Å². The molecule has 180 valence electrons. The molecule has 0 aromatic heterocycles. The van der Waals surface area contributed by atoms with Crippen molar-refractivity contribution in [2.75, 3.05) is 18.4 Å². The van der Waals surface area contributed by atoms with E-state index in [4.69, 9.17) is 0 Å². The Bertz CT molecular complexity index is 1280. The smallest absolute Gasteiger partial charge is 0.251 e. The van der Waals surface area contributed by atoms with Crippen LogP contribution in [0.4, 0.5) is 5.69 Å². The van der Waals surface area contributed by atoms with Crippen LogP contribution >= 0.6 is 0 Å². The van der Waals surface area contributed by atoms with Crippen molar-refractivity contribution in [2.24, 2.45) is 5.92 Å². The lowest BCUT2D eigenvalue weighted by atomic mass is 10.0. The highest BCUT2D eigenvalue weighted by Gasteiger charge is 2.26. The Kier molecular flexibility index (Phi) is 8.06. The first-order chi connectivity index (χ1) is 16.2. The van der Waals surface area contributed by atoms with Crippen molar-refractivity contribution < 1.29 is 18.0 Å². The molecule has 0 bridgehead atoms. The van der Waals surface area contributed by atoms with Crippen molar-refractivity contribution in [1.82, 2.24) is 9.62 Å². The summed E-state index contributed by atoms with van der Waals surface area (Å²) in [6, 6.07) is 18.6. The number of amides is 2. The number of rotatable bonds is 9. The Balaban J connectivity index is 1.78. The van der Waals surface area contributed by atoms with Crippen LogP contribution in [0.15, 0.2) is 71.6 Å². The number of benzene rings is 3. The van der Waals surface area contributed by atoms with Crippen LogP contribution in [0.2, 0.25) is 0 Å². The van der Waals surface area contributed by atoms with Gasteiger partial charge in [0.05, 0.1) is 4.90 Å². The lowest BCUT2D eigenvalue weighted by Crippen LogP contribution is -2.47. The fraction of sp³-hybridized carbons (Fsp3) is 0.308. The Labute approximate surface area is 201 Å². The fourth-order valence-corrected chi connectivity index (χ4v) is 5.26. The number of nitrogens with zero attached hydrogens (tertiary/aromatic N) is 1. The molecule has 0 fully saturated rings. The molecule has 0 aliphatic heterocycles. The van der Waals surface area contributed by atoms with E-state index in [0.29, 0.717) is 18.8 Å². The molecular formula is C26H31N3O4S. The quantitative estimate of drug-likeness (QED) is 0.477. The lowest BCUT2D eigenvalue weighted by Gasteiger charge is -2.22. The second-order valence-corrected chi connectivity index (χ2v) is 10.3. The number of anilines is 1. The van der Waals surface area contributed by atoms with E-state index in [-0.39, 0.29) is 22.3 Å². The van der Waals surface area contributed by atoms with E-state index in [2.05, 4.69) is 10.6 Å². The highest BCUT2D eigenvalue weighted by Crippen LogP contribution is 2.20. The van der Waals surface area contributed by atoms with Crippen LogP contribution in [0.3, 0.4) is 0 Å². The summed E-state index contributed by atoms with van der Waals surface area (Å²) in [5.41, 5.74) is 0.813. The van der Waals surface area contributed by atoms with E-state index in [9.17, 15) is 18.0 Å². The van der Waals surface area contributed by atoms with Crippen LogP contribution in [-0.4, -0.2) is 43.7 Å². The topological polar surface area (TPSA) is 95.6 Å². The zero-order chi connectivity index (χ0) is 24.9. The van der Waals surface area contributed by atoms with Crippen LogP contribution in [0.5, 0.6) is 0 Å². The van der Waals surface area contributed by atoms with Crippen molar-refractivity contribution in [3.63, 3.8) is 0 Å². The van der Waals surface area contributed by atoms with Gasteiger partial charge in [-0.05, 0) is 47.0 Å². The standard InChI is InChI=1S/C26H31N3O4S/c1-5-29(6-2)34(32,33)23-13-9-12-21(17-23)25(30)28-24(18(3)4)26(31)27-22-15-14-19-10-7-8-11-20(19)16-22/h7-18,24H,5-6H2,1-4H3,(H,27,31)(H,28,30)/t24-/m0/s1. The molecule has 2 amide bonds. The average Bonchev–Trinajstić information content (AvgIpc) is 2.82. The van der Waals surface area contributed by atoms with Crippen LogP contribution < -0.4 is 10.6 Å². The molecule has 3 rings (SSSR count). The molecular weight excluding hydrogens is 450 g/mol. The lowest BCUT2D eigenvalue weighted by molar-refractivity contribution is -0.118. The van der Waals surface area contributed by atoms with Crippen molar-refractivity contribution in [2.45, 2.75) is 38.6 Å². The summed E-state index contributed by atoms with van der Waals surface area (Å²) >= 11 is 0. The largest absolute Gasteiger partial charge is 0.340 e. The van der Waals surface area contributed by atoms with Gasteiger partial charge in [-0.1, -0.05) is 64.1 Å². The number of hydrogen-bond acceptors (Lipinski definition) is 4. The number of carbonyl (C=O) groups excluding carboxylic acids is 2. The van der Waals surface area contributed by atoms with Crippen LogP contribution in [0, 0.1) is 5.92 Å². The van der Waals surface area contributed by atoms with E-state index in [1.807, 2.05) is 56.3 Å². The number of fused-ring (bicyclic) bond motifs is 1.